The molecule has 0 aliphatic carbocycles. The number of nitrogens with zero attached hydrogens (tertiary/aromatic N) is 4. The molecule has 16 heteroatoms. The van der Waals surface area contributed by atoms with Gasteiger partial charge in [-0.05, 0) is 82.9 Å². The number of anilines is 4. The summed E-state index contributed by atoms with van der Waals surface area (Å²) in [5, 5.41) is 2.45. The maximum Gasteiger partial charge on any atom is 0.262 e. The second-order valence-electron chi connectivity index (χ2n) is 16.4. The van der Waals surface area contributed by atoms with Crippen LogP contribution in [0.25, 0.3) is 32.7 Å². The monoisotopic (exact) mass is 896 g/mol. The van der Waals surface area contributed by atoms with Crippen molar-refractivity contribution in [2.24, 2.45) is 0 Å². The largest absolute Gasteiger partial charge is 0.379 e. The molecule has 2 saturated heterocycles. The van der Waals surface area contributed by atoms with Crippen LogP contribution in [0.15, 0.2) is 119 Å². The van der Waals surface area contributed by atoms with Gasteiger partial charge in [-0.1, -0.05) is 48.5 Å². The van der Waals surface area contributed by atoms with Crippen LogP contribution in [0.2, 0.25) is 0 Å². The number of rotatable bonds is 13. The van der Waals surface area contributed by atoms with E-state index in [0.717, 1.165) is 47.5 Å². The van der Waals surface area contributed by atoms with E-state index in [1.807, 2.05) is 98.7 Å². The lowest BCUT2D eigenvalue weighted by atomic mass is 9.96. The zero-order chi connectivity index (χ0) is 43.8. The number of benzene rings is 6. The van der Waals surface area contributed by atoms with Crippen LogP contribution >= 0.6 is 0 Å². The van der Waals surface area contributed by atoms with Crippen molar-refractivity contribution in [3.63, 3.8) is 0 Å². The van der Waals surface area contributed by atoms with Gasteiger partial charge in [0, 0.05) is 112 Å². The van der Waals surface area contributed by atoms with Crippen LogP contribution in [0.4, 0.5) is 22.7 Å². The molecule has 0 spiro atoms. The summed E-state index contributed by atoms with van der Waals surface area (Å²) in [7, 11) is -3.68. The van der Waals surface area contributed by atoms with Crippen LogP contribution < -0.4 is 19.2 Å². The van der Waals surface area contributed by atoms with Gasteiger partial charge < -0.3 is 14.5 Å². The molecule has 2 heterocycles. The average Bonchev–Trinajstić information content (AvgIpc) is 3.24. The van der Waals surface area contributed by atoms with Crippen LogP contribution in [0.5, 0.6) is 0 Å². The summed E-state index contributed by atoms with van der Waals surface area (Å²) in [4.78, 5) is 8.40. The average molecular weight is 897 g/mol. The first-order valence-corrected chi connectivity index (χ1v) is 25.3. The van der Waals surface area contributed by atoms with Crippen molar-refractivity contribution in [3.8, 4) is 11.1 Å². The number of sulfonamides is 2. The highest BCUT2D eigenvalue weighted by atomic mass is 32.2. The van der Waals surface area contributed by atoms with Crippen LogP contribution in [0.3, 0.4) is 0 Å². The molecule has 8 rings (SSSR count). The summed E-state index contributed by atoms with van der Waals surface area (Å²) in [5.74, 6) is 0.262. The second kappa shape index (κ2) is 17.5. The van der Waals surface area contributed by atoms with Crippen LogP contribution in [0, 0.1) is 0 Å². The Morgan fingerprint density at radius 2 is 1.05 bits per heavy atom. The fraction of sp³-hybridized carbons (Fsp3) is 0.304. The summed E-state index contributed by atoms with van der Waals surface area (Å²) < 4.78 is 92.5. The molecule has 62 heavy (non-hydrogen) atoms. The van der Waals surface area contributed by atoms with Crippen molar-refractivity contribution in [3.05, 3.63) is 120 Å². The third-order valence-corrected chi connectivity index (χ3v) is 16.0. The lowest BCUT2D eigenvalue weighted by Crippen LogP contribution is -2.39. The topological polar surface area (TPSA) is 149 Å². The van der Waals surface area contributed by atoms with Gasteiger partial charge in [-0.3, -0.25) is 19.2 Å². The molecule has 326 valence electrons. The van der Waals surface area contributed by atoms with Crippen molar-refractivity contribution in [1.29, 1.82) is 0 Å². The maximum absolute atomic E-state index is 14.5. The Morgan fingerprint density at radius 3 is 1.63 bits per heavy atom. The van der Waals surface area contributed by atoms with Gasteiger partial charge in [0.15, 0.2) is 9.84 Å². The van der Waals surface area contributed by atoms with E-state index in [1.54, 1.807) is 48.5 Å². The molecular formula is C46H52N6O7S3. The first kappa shape index (κ1) is 43.4. The molecule has 0 aromatic heterocycles. The van der Waals surface area contributed by atoms with Gasteiger partial charge in [0.2, 0.25) is 0 Å². The van der Waals surface area contributed by atoms with Crippen molar-refractivity contribution >= 4 is 74.2 Å². The smallest absolute Gasteiger partial charge is 0.262 e. The molecule has 6 aromatic rings. The Morgan fingerprint density at radius 1 is 0.548 bits per heavy atom. The van der Waals surface area contributed by atoms with Gasteiger partial charge in [-0.2, -0.15) is 0 Å². The van der Waals surface area contributed by atoms with E-state index >= 15 is 0 Å². The summed E-state index contributed by atoms with van der Waals surface area (Å²) >= 11 is 0. The van der Waals surface area contributed by atoms with Crippen molar-refractivity contribution in [2.75, 3.05) is 98.3 Å². The third-order valence-electron chi connectivity index (χ3n) is 11.5. The molecule has 2 aliphatic rings. The lowest BCUT2D eigenvalue weighted by Gasteiger charge is -2.26. The minimum atomic E-state index is -4.18. The van der Waals surface area contributed by atoms with Gasteiger partial charge in [-0.25, -0.2) is 25.3 Å². The van der Waals surface area contributed by atoms with Gasteiger partial charge in [-0.15, -0.1) is 0 Å². The Hall–Kier alpha value is -5.23. The van der Waals surface area contributed by atoms with E-state index in [9.17, 15) is 25.3 Å². The lowest BCUT2D eigenvalue weighted by molar-refractivity contribution is 0.0342. The number of ether oxygens (including phenoxy) is 1. The highest BCUT2D eigenvalue weighted by molar-refractivity contribution is 7.93. The number of morpholine rings is 1. The molecule has 0 atom stereocenters. The fourth-order valence-corrected chi connectivity index (χ4v) is 12.0. The van der Waals surface area contributed by atoms with Crippen LogP contribution in [-0.2, 0) is 47.7 Å². The third kappa shape index (κ3) is 9.55. The Kier molecular flexibility index (Phi) is 12.3. The van der Waals surface area contributed by atoms with E-state index in [2.05, 4.69) is 19.2 Å². The standard InChI is InChI=1S/C46H52N6O7S3/c1-49(2)43-9-5-8-40-41(43)27-36(30-46(40)62(57,58)48-38-17-13-34(14-18-38)32-52-21-25-60(53,54)26-22-52)35-28-42-39(44(29-35)50(3)4)7-6-10-45(42)61(55,56)47-37-15-11-33(12-16-37)31-51-19-23-59-24-20-51/h5-18,27-30,47-48H,19-26,31-32H2,1-4H3. The van der Waals surface area contributed by atoms with Gasteiger partial charge >= 0.3 is 0 Å². The van der Waals surface area contributed by atoms with Gasteiger partial charge in [0.25, 0.3) is 20.0 Å². The molecule has 0 amide bonds. The normalized spacial score (nSPS) is 16.3. The Bertz CT molecular complexity index is 2940. The minimum Gasteiger partial charge on any atom is -0.379 e. The molecular weight excluding hydrogens is 845 g/mol. The number of hydrogen-bond donors (Lipinski definition) is 2. The quantitative estimate of drug-likeness (QED) is 0.132. The summed E-state index contributed by atoms with van der Waals surface area (Å²) in [6, 6.07) is 32.7. The van der Waals surface area contributed by atoms with Crippen molar-refractivity contribution in [1.82, 2.24) is 9.80 Å². The molecule has 2 aliphatic heterocycles. The number of sulfone groups is 1. The van der Waals surface area contributed by atoms with E-state index in [4.69, 9.17) is 4.74 Å². The number of fused-ring (bicyclic) bond motifs is 2. The molecule has 13 nitrogen and oxygen atoms in total. The summed E-state index contributed by atoms with van der Waals surface area (Å²) in [5.41, 5.74) is 5.64. The highest BCUT2D eigenvalue weighted by Crippen LogP contribution is 2.40. The predicted molar refractivity (Wildman–Crippen MR) is 250 cm³/mol. The van der Waals surface area contributed by atoms with Crippen LogP contribution in [0.1, 0.15) is 11.1 Å². The highest BCUT2D eigenvalue weighted by Gasteiger charge is 2.25. The molecule has 6 aromatic carbocycles. The van der Waals surface area contributed by atoms with E-state index in [0.29, 0.717) is 71.5 Å². The van der Waals surface area contributed by atoms with E-state index in [1.165, 1.54) is 0 Å². The van der Waals surface area contributed by atoms with Crippen molar-refractivity contribution < 1.29 is 30.0 Å². The summed E-state index contributed by atoms with van der Waals surface area (Å²) in [6.45, 7) is 5.34. The number of hydrogen-bond acceptors (Lipinski definition) is 11. The molecule has 0 unspecified atom stereocenters. The zero-order valence-corrected chi connectivity index (χ0v) is 37.8. The first-order valence-electron chi connectivity index (χ1n) is 20.5. The van der Waals surface area contributed by atoms with Gasteiger partial charge in [0.05, 0.1) is 34.5 Å². The van der Waals surface area contributed by atoms with Crippen LogP contribution in [-0.4, -0.2) is 114 Å². The fourth-order valence-electron chi connectivity index (χ4n) is 8.18. The Balaban J connectivity index is 1.15. The molecule has 0 bridgehead atoms. The van der Waals surface area contributed by atoms with E-state index in [-0.39, 0.29) is 21.3 Å². The molecule has 2 fully saturated rings. The Labute approximate surface area is 364 Å². The second-order valence-corrected chi connectivity index (χ2v) is 22.0. The van der Waals surface area contributed by atoms with Crippen molar-refractivity contribution in [2.45, 2.75) is 22.9 Å². The maximum atomic E-state index is 14.5. The molecule has 0 saturated carbocycles. The van der Waals surface area contributed by atoms with E-state index < -0.39 is 29.9 Å². The molecule has 2 N–H and O–H groups in total. The SMILES string of the molecule is CN(C)c1cccc2c(S(=O)(=O)Nc3ccc(CN4CCS(=O)(=O)CC4)cc3)cc(-c3cc(N(C)C)c4cccc(S(=O)(=O)Nc5ccc(CN6CCOCC6)cc5)c4c3)cc12. The van der Waals surface area contributed by atoms with Gasteiger partial charge in [0.1, 0.15) is 0 Å². The zero-order valence-electron chi connectivity index (χ0n) is 35.3. The number of nitrogens with one attached hydrogen (secondary N) is 2. The minimum absolute atomic E-state index is 0.0680. The summed E-state index contributed by atoms with van der Waals surface area (Å²) in [6.07, 6.45) is 0. The predicted octanol–water partition coefficient (Wildman–Crippen LogP) is 6.46. The first-order chi connectivity index (χ1) is 29.5. The molecule has 0 radical (unpaired) electrons.